The largest absolute Gasteiger partial charge is 0.336 e. The zero-order chi connectivity index (χ0) is 15.5. The zero-order valence-electron chi connectivity index (χ0n) is 13.7. The molecule has 1 aromatic carbocycles. The van der Waals surface area contributed by atoms with E-state index in [1.165, 1.54) is 12.0 Å². The van der Waals surface area contributed by atoms with Crippen LogP contribution in [0.2, 0.25) is 0 Å². The highest BCUT2D eigenvalue weighted by Crippen LogP contribution is 2.22. The fourth-order valence-electron chi connectivity index (χ4n) is 2.78. The third kappa shape index (κ3) is 4.20. The standard InChI is InChI=1S/C19H27NO/c1-15-7-5-6-14-20(15)18(21)13-10-16-8-11-17(12-9-16)19(2,3)4/h8-13,15H,5-7,14H2,1-4H3. The summed E-state index contributed by atoms with van der Waals surface area (Å²) >= 11 is 0. The zero-order valence-corrected chi connectivity index (χ0v) is 13.7. The van der Waals surface area contributed by atoms with Crippen molar-refractivity contribution in [2.75, 3.05) is 6.54 Å². The first-order valence-corrected chi connectivity index (χ1v) is 7.97. The topological polar surface area (TPSA) is 20.3 Å². The maximum absolute atomic E-state index is 12.2. The Kier molecular flexibility index (Phi) is 4.87. The van der Waals surface area contributed by atoms with E-state index in [0.717, 1.165) is 24.9 Å². The summed E-state index contributed by atoms with van der Waals surface area (Å²) in [5, 5.41) is 0. The summed E-state index contributed by atoms with van der Waals surface area (Å²) in [5.74, 6) is 0.141. The van der Waals surface area contributed by atoms with Crippen molar-refractivity contribution in [3.63, 3.8) is 0 Å². The molecule has 2 nitrogen and oxygen atoms in total. The molecule has 1 saturated heterocycles. The molecule has 0 aromatic heterocycles. The van der Waals surface area contributed by atoms with Crippen LogP contribution in [0.4, 0.5) is 0 Å². The predicted molar refractivity (Wildman–Crippen MR) is 89.2 cm³/mol. The van der Waals surface area contributed by atoms with Crippen molar-refractivity contribution >= 4 is 12.0 Å². The Hall–Kier alpha value is -1.57. The minimum Gasteiger partial charge on any atom is -0.336 e. The molecule has 0 radical (unpaired) electrons. The molecule has 114 valence electrons. The lowest BCUT2D eigenvalue weighted by molar-refractivity contribution is -0.129. The van der Waals surface area contributed by atoms with Crippen molar-refractivity contribution in [2.45, 2.75) is 58.4 Å². The highest BCUT2D eigenvalue weighted by atomic mass is 16.2. The molecule has 0 saturated carbocycles. The van der Waals surface area contributed by atoms with Crippen LogP contribution in [0.5, 0.6) is 0 Å². The van der Waals surface area contributed by atoms with E-state index >= 15 is 0 Å². The summed E-state index contributed by atoms with van der Waals surface area (Å²) in [4.78, 5) is 14.2. The Morgan fingerprint density at radius 3 is 2.43 bits per heavy atom. The Bertz CT molecular complexity index is 507. The first-order chi connectivity index (χ1) is 9.88. The number of carbonyl (C=O) groups is 1. The van der Waals surface area contributed by atoms with Gasteiger partial charge in [-0.05, 0) is 48.8 Å². The van der Waals surface area contributed by atoms with Crippen molar-refractivity contribution in [3.8, 4) is 0 Å². The number of likely N-dealkylation sites (tertiary alicyclic amines) is 1. The van der Waals surface area contributed by atoms with Crippen molar-refractivity contribution < 1.29 is 4.79 Å². The summed E-state index contributed by atoms with van der Waals surface area (Å²) in [6.45, 7) is 9.66. The van der Waals surface area contributed by atoms with E-state index in [1.807, 2.05) is 11.0 Å². The molecule has 1 amide bonds. The number of piperidine rings is 1. The lowest BCUT2D eigenvalue weighted by Crippen LogP contribution is -2.41. The van der Waals surface area contributed by atoms with Crippen LogP contribution in [0.15, 0.2) is 30.3 Å². The van der Waals surface area contributed by atoms with Crippen molar-refractivity contribution in [2.24, 2.45) is 0 Å². The van der Waals surface area contributed by atoms with Gasteiger partial charge in [-0.15, -0.1) is 0 Å². The molecule has 0 aliphatic carbocycles. The van der Waals surface area contributed by atoms with Crippen LogP contribution in [0.3, 0.4) is 0 Å². The molecule has 1 aliphatic rings. The SMILES string of the molecule is CC1CCCCN1C(=O)C=Cc1ccc(C(C)(C)C)cc1. The van der Waals surface area contributed by atoms with Gasteiger partial charge in [-0.2, -0.15) is 0 Å². The molecular formula is C19H27NO. The molecule has 1 atom stereocenters. The number of carbonyl (C=O) groups excluding carboxylic acids is 1. The molecule has 1 fully saturated rings. The second-order valence-electron chi connectivity index (χ2n) is 7.08. The molecule has 2 rings (SSSR count). The van der Waals surface area contributed by atoms with Crippen LogP contribution < -0.4 is 0 Å². The van der Waals surface area contributed by atoms with Crippen LogP contribution in [-0.4, -0.2) is 23.4 Å². The van der Waals surface area contributed by atoms with Gasteiger partial charge in [0, 0.05) is 18.7 Å². The van der Waals surface area contributed by atoms with E-state index in [-0.39, 0.29) is 11.3 Å². The van der Waals surface area contributed by atoms with Crippen molar-refractivity contribution in [1.82, 2.24) is 4.90 Å². The van der Waals surface area contributed by atoms with Gasteiger partial charge in [-0.1, -0.05) is 45.0 Å². The van der Waals surface area contributed by atoms with Crippen LogP contribution in [-0.2, 0) is 10.2 Å². The Morgan fingerprint density at radius 1 is 1.19 bits per heavy atom. The molecule has 1 unspecified atom stereocenters. The first kappa shape index (κ1) is 15.8. The average molecular weight is 285 g/mol. The summed E-state index contributed by atoms with van der Waals surface area (Å²) in [7, 11) is 0. The molecule has 1 aromatic rings. The maximum Gasteiger partial charge on any atom is 0.246 e. The maximum atomic E-state index is 12.2. The molecule has 0 N–H and O–H groups in total. The first-order valence-electron chi connectivity index (χ1n) is 7.97. The van der Waals surface area contributed by atoms with Gasteiger partial charge in [0.1, 0.15) is 0 Å². The predicted octanol–water partition coefficient (Wildman–Crippen LogP) is 4.40. The monoisotopic (exact) mass is 285 g/mol. The minimum absolute atomic E-state index is 0.141. The van der Waals surface area contributed by atoms with Crippen molar-refractivity contribution in [3.05, 3.63) is 41.5 Å². The third-order valence-electron chi connectivity index (χ3n) is 4.28. The van der Waals surface area contributed by atoms with Crippen LogP contribution in [0.1, 0.15) is 58.1 Å². The minimum atomic E-state index is 0.141. The molecule has 2 heteroatoms. The average Bonchev–Trinajstić information content (AvgIpc) is 2.45. The van der Waals surface area contributed by atoms with Crippen LogP contribution in [0.25, 0.3) is 6.08 Å². The van der Waals surface area contributed by atoms with E-state index in [4.69, 9.17) is 0 Å². The molecule has 1 aliphatic heterocycles. The van der Waals surface area contributed by atoms with Crippen molar-refractivity contribution in [1.29, 1.82) is 0 Å². The molecule has 0 spiro atoms. The van der Waals surface area contributed by atoms with Gasteiger partial charge in [0.05, 0.1) is 0 Å². The van der Waals surface area contributed by atoms with Gasteiger partial charge < -0.3 is 4.90 Å². The van der Waals surface area contributed by atoms with Crippen LogP contribution >= 0.6 is 0 Å². The highest BCUT2D eigenvalue weighted by molar-refractivity contribution is 5.92. The van der Waals surface area contributed by atoms with Gasteiger partial charge in [0.2, 0.25) is 5.91 Å². The Morgan fingerprint density at radius 2 is 1.86 bits per heavy atom. The van der Waals surface area contributed by atoms with E-state index < -0.39 is 0 Å². The van der Waals surface area contributed by atoms with Crippen LogP contribution in [0, 0.1) is 0 Å². The summed E-state index contributed by atoms with van der Waals surface area (Å²) < 4.78 is 0. The second kappa shape index (κ2) is 6.46. The number of rotatable bonds is 2. The lowest BCUT2D eigenvalue weighted by atomic mass is 9.87. The molecule has 1 heterocycles. The lowest BCUT2D eigenvalue weighted by Gasteiger charge is -2.32. The van der Waals surface area contributed by atoms with Gasteiger partial charge >= 0.3 is 0 Å². The van der Waals surface area contributed by atoms with E-state index in [9.17, 15) is 4.79 Å². The molecule has 21 heavy (non-hydrogen) atoms. The Balaban J connectivity index is 2.02. The van der Waals surface area contributed by atoms with Gasteiger partial charge in [-0.3, -0.25) is 4.79 Å². The number of nitrogens with zero attached hydrogens (tertiary/aromatic N) is 1. The second-order valence-corrected chi connectivity index (χ2v) is 7.08. The normalized spacial score (nSPS) is 20.0. The van der Waals surface area contributed by atoms with E-state index in [2.05, 4.69) is 52.0 Å². The smallest absolute Gasteiger partial charge is 0.246 e. The fraction of sp³-hybridized carbons (Fsp3) is 0.526. The fourth-order valence-corrected chi connectivity index (χ4v) is 2.78. The summed E-state index contributed by atoms with van der Waals surface area (Å²) in [5.41, 5.74) is 2.57. The quantitative estimate of drug-likeness (QED) is 0.738. The van der Waals surface area contributed by atoms with Gasteiger partial charge in [0.25, 0.3) is 0 Å². The summed E-state index contributed by atoms with van der Waals surface area (Å²) in [6.07, 6.45) is 7.14. The number of hydrogen-bond donors (Lipinski definition) is 0. The van der Waals surface area contributed by atoms with Gasteiger partial charge in [0.15, 0.2) is 0 Å². The van der Waals surface area contributed by atoms with Gasteiger partial charge in [-0.25, -0.2) is 0 Å². The summed E-state index contributed by atoms with van der Waals surface area (Å²) in [6, 6.07) is 8.84. The third-order valence-corrected chi connectivity index (χ3v) is 4.28. The Labute approximate surface area is 128 Å². The van der Waals surface area contributed by atoms with E-state index in [0.29, 0.717) is 6.04 Å². The molecular weight excluding hydrogens is 258 g/mol. The highest BCUT2D eigenvalue weighted by Gasteiger charge is 2.21. The van der Waals surface area contributed by atoms with E-state index in [1.54, 1.807) is 6.08 Å². The number of amides is 1. The number of hydrogen-bond acceptors (Lipinski definition) is 1. The number of benzene rings is 1. The molecule has 0 bridgehead atoms.